The van der Waals surface area contributed by atoms with Crippen LogP contribution in [0.2, 0.25) is 0 Å². The van der Waals surface area contributed by atoms with Crippen LogP contribution in [-0.2, 0) is 36.8 Å². The third kappa shape index (κ3) is 11.2. The van der Waals surface area contributed by atoms with E-state index in [0.29, 0.717) is 43.8 Å². The molecule has 0 radical (unpaired) electrons. The number of carbonyl (C=O) groups excluding carboxylic acids is 5. The van der Waals surface area contributed by atoms with Crippen molar-refractivity contribution in [2.75, 3.05) is 19.6 Å². The number of rotatable bonds is 17. The molecule has 5 N–H and O–H groups in total. The molecule has 0 spiro atoms. The summed E-state index contributed by atoms with van der Waals surface area (Å²) in [4.78, 5) is 70.1. The topological polar surface area (TPSA) is 189 Å². The van der Waals surface area contributed by atoms with Crippen LogP contribution in [0, 0.1) is 16.7 Å². The average Bonchev–Trinajstić information content (AvgIpc) is 3.53. The highest BCUT2D eigenvalue weighted by molar-refractivity contribution is 7.79. The Morgan fingerprint density at radius 1 is 1.08 bits per heavy atom. The van der Waals surface area contributed by atoms with Crippen molar-refractivity contribution in [3.05, 3.63) is 29.0 Å². The van der Waals surface area contributed by atoms with Crippen LogP contribution in [0.15, 0.2) is 29.0 Å². The van der Waals surface area contributed by atoms with E-state index in [2.05, 4.69) is 33.2 Å². The van der Waals surface area contributed by atoms with E-state index in [0.717, 1.165) is 44.9 Å². The maximum Gasteiger partial charge on any atom is 0.315 e. The van der Waals surface area contributed by atoms with E-state index < -0.39 is 58.2 Å². The Labute approximate surface area is 308 Å². The molecule has 1 aromatic heterocycles. The van der Waals surface area contributed by atoms with Crippen LogP contribution in [-0.4, -0.2) is 87.0 Å². The summed E-state index contributed by atoms with van der Waals surface area (Å²) in [6.07, 6.45) is 9.05. The molecule has 1 saturated heterocycles. The predicted molar refractivity (Wildman–Crippen MR) is 195 cm³/mol. The van der Waals surface area contributed by atoms with Crippen LogP contribution in [0.4, 0.5) is 4.79 Å². The number of amides is 5. The third-order valence-corrected chi connectivity index (χ3v) is 12.2. The van der Waals surface area contributed by atoms with Crippen LogP contribution >= 0.6 is 11.3 Å². The van der Waals surface area contributed by atoms with Crippen molar-refractivity contribution in [2.45, 2.75) is 128 Å². The summed E-state index contributed by atoms with van der Waals surface area (Å²) in [5, 5.41) is 16.4. The fourth-order valence-corrected chi connectivity index (χ4v) is 8.70. The summed E-state index contributed by atoms with van der Waals surface area (Å²) in [7, 11) is 0. The van der Waals surface area contributed by atoms with Gasteiger partial charge in [-0.2, -0.15) is 0 Å². The summed E-state index contributed by atoms with van der Waals surface area (Å²) in [6.45, 7) is 12.7. The first-order valence-electron chi connectivity index (χ1n) is 18.1. The molecule has 2 saturated carbocycles. The molecule has 15 heteroatoms. The van der Waals surface area contributed by atoms with Crippen LogP contribution in [0.5, 0.6) is 0 Å². The zero-order valence-electron chi connectivity index (χ0n) is 30.3. The van der Waals surface area contributed by atoms with Gasteiger partial charge in [0.15, 0.2) is 0 Å². The lowest BCUT2D eigenvalue weighted by Gasteiger charge is -2.42. The van der Waals surface area contributed by atoms with E-state index in [1.807, 2.05) is 27.7 Å². The fraction of sp³-hybridized carbons (Fsp3) is 0.694. The monoisotopic (exact) mass is 747 g/mol. The molecule has 5 unspecified atom stereocenters. The molecular formula is C36H55N6O7S2-. The van der Waals surface area contributed by atoms with Crippen molar-refractivity contribution < 1.29 is 32.7 Å². The molecule has 51 heavy (non-hydrogen) atoms. The molecule has 5 atom stereocenters. The number of hydrogen-bond donors (Lipinski definition) is 5. The molecule has 4 rings (SSSR count). The van der Waals surface area contributed by atoms with Gasteiger partial charge in [0.2, 0.25) is 17.6 Å². The molecular weight excluding hydrogens is 693 g/mol. The highest BCUT2D eigenvalue weighted by atomic mass is 32.2. The lowest BCUT2D eigenvalue weighted by Crippen LogP contribution is -2.62. The number of nitrogens with zero attached hydrogens (tertiary/aromatic N) is 1. The Morgan fingerprint density at radius 3 is 2.41 bits per heavy atom. The lowest BCUT2D eigenvalue weighted by atomic mass is 9.70. The maximum atomic E-state index is 14.5. The van der Waals surface area contributed by atoms with Crippen molar-refractivity contribution in [3.8, 4) is 0 Å². The second-order valence-corrected chi connectivity index (χ2v) is 17.5. The number of hydrogen-bond acceptors (Lipinski definition) is 9. The van der Waals surface area contributed by atoms with Gasteiger partial charge in [-0.25, -0.2) is 4.79 Å². The van der Waals surface area contributed by atoms with E-state index in [4.69, 9.17) is 0 Å². The van der Waals surface area contributed by atoms with E-state index in [-0.39, 0.29) is 34.7 Å². The summed E-state index contributed by atoms with van der Waals surface area (Å²) >= 11 is -0.996. The minimum Gasteiger partial charge on any atom is -0.768 e. The molecule has 0 aromatic carbocycles. The number of ketones is 1. The second kappa shape index (κ2) is 18.1. The van der Waals surface area contributed by atoms with Gasteiger partial charge in [-0.1, -0.05) is 65.9 Å². The Kier molecular flexibility index (Phi) is 14.4. The summed E-state index contributed by atoms with van der Waals surface area (Å²) in [5.41, 5.74) is -0.920. The van der Waals surface area contributed by atoms with Crippen LogP contribution < -0.4 is 26.6 Å². The molecule has 2 aliphatic carbocycles. The van der Waals surface area contributed by atoms with E-state index in [1.165, 1.54) is 22.3 Å². The van der Waals surface area contributed by atoms with Crippen molar-refractivity contribution in [3.63, 3.8) is 0 Å². The van der Waals surface area contributed by atoms with E-state index in [1.54, 1.807) is 11.4 Å². The zero-order chi connectivity index (χ0) is 37.3. The zero-order valence-corrected chi connectivity index (χ0v) is 32.0. The standard InChI is InChI=1S/C36H56N6O7S2/c1-6-17-38-32(45)29(43)24(20-23-12-13-23)39-31(44)25-11-10-18-42(25)33(46)30(36(5)15-8-7-9-16-36)41-34(47)40-28(35(2,3)4)22-37-21-26-27(51(48)49)14-19-50-26/h6,14,19,23-25,28,30,37H,1,7-13,15-18,20-22H2,2-5H3,(H,38,45)(H,39,44)(H,48,49)(H2,40,41,47)/p-1. The average molecular weight is 748 g/mol. The van der Waals surface area contributed by atoms with Crippen molar-refractivity contribution in [2.24, 2.45) is 16.7 Å². The van der Waals surface area contributed by atoms with Crippen LogP contribution in [0.1, 0.15) is 96.8 Å². The van der Waals surface area contributed by atoms with Crippen LogP contribution in [0.25, 0.3) is 0 Å². The Morgan fingerprint density at radius 2 is 1.78 bits per heavy atom. The van der Waals surface area contributed by atoms with Crippen molar-refractivity contribution in [1.29, 1.82) is 0 Å². The highest BCUT2D eigenvalue weighted by Gasteiger charge is 2.47. The van der Waals surface area contributed by atoms with Gasteiger partial charge in [-0.05, 0) is 71.4 Å². The summed E-state index contributed by atoms with van der Waals surface area (Å²) in [6, 6.07) is -2.02. The van der Waals surface area contributed by atoms with Gasteiger partial charge in [0.05, 0.1) is 6.04 Å². The molecule has 3 fully saturated rings. The normalized spacial score (nSPS) is 21.1. The molecule has 1 aromatic rings. The van der Waals surface area contributed by atoms with Gasteiger partial charge in [-0.3, -0.25) is 23.4 Å². The van der Waals surface area contributed by atoms with Gasteiger partial charge >= 0.3 is 6.03 Å². The number of thiophene rings is 1. The quantitative estimate of drug-likeness (QED) is 0.0912. The maximum absolute atomic E-state index is 14.5. The fourth-order valence-electron chi connectivity index (χ4n) is 7.09. The first kappa shape index (κ1) is 40.6. The van der Waals surface area contributed by atoms with Gasteiger partial charge in [0.25, 0.3) is 5.91 Å². The smallest absolute Gasteiger partial charge is 0.315 e. The largest absolute Gasteiger partial charge is 0.768 e. The number of likely N-dealkylation sites (tertiary alicyclic amines) is 1. The second-order valence-electron chi connectivity index (χ2n) is 15.6. The Bertz CT molecular complexity index is 1450. The molecule has 5 amide bonds. The van der Waals surface area contributed by atoms with Gasteiger partial charge < -0.3 is 36.0 Å². The molecule has 3 aliphatic rings. The Balaban J connectivity index is 1.47. The van der Waals surface area contributed by atoms with Gasteiger partial charge in [-0.15, -0.1) is 17.9 Å². The van der Waals surface area contributed by atoms with E-state index in [9.17, 15) is 32.7 Å². The molecule has 284 valence electrons. The number of carbonyl (C=O) groups is 5. The highest BCUT2D eigenvalue weighted by Crippen LogP contribution is 2.40. The molecule has 13 nitrogen and oxygen atoms in total. The van der Waals surface area contributed by atoms with Gasteiger partial charge in [0.1, 0.15) is 12.1 Å². The predicted octanol–water partition coefficient (Wildman–Crippen LogP) is 3.28. The Hall–Kier alpha value is -3.14. The van der Waals surface area contributed by atoms with Crippen molar-refractivity contribution in [1.82, 2.24) is 31.5 Å². The molecule has 1 aliphatic heterocycles. The van der Waals surface area contributed by atoms with Gasteiger partial charge in [0, 0.05) is 42.0 Å². The minimum absolute atomic E-state index is 0.134. The SMILES string of the molecule is C=CCNC(=O)C(=O)C(CC1CC1)NC(=O)C1CCCN1C(=O)C(NC(=O)NC(CNCc1sccc1S(=O)[O-])C(C)(C)C)C1(C)CCCCC1. The van der Waals surface area contributed by atoms with Crippen molar-refractivity contribution >= 4 is 52.0 Å². The third-order valence-electron chi connectivity index (χ3n) is 10.5. The number of nitrogens with one attached hydrogen (secondary N) is 5. The number of urea groups is 1. The first-order chi connectivity index (χ1) is 24.1. The lowest BCUT2D eigenvalue weighted by molar-refractivity contribution is -0.144. The molecule has 0 bridgehead atoms. The summed E-state index contributed by atoms with van der Waals surface area (Å²) in [5.74, 6) is -2.03. The minimum atomic E-state index is -2.34. The number of Topliss-reactive ketones (excluding diaryl/α,β-unsaturated/α-hetero) is 1. The molecule has 2 heterocycles. The first-order valence-corrected chi connectivity index (χ1v) is 20.1. The summed E-state index contributed by atoms with van der Waals surface area (Å²) < 4.78 is 23.1. The van der Waals surface area contributed by atoms with E-state index >= 15 is 0 Å². The van der Waals surface area contributed by atoms with Crippen LogP contribution in [0.3, 0.4) is 0 Å².